The van der Waals surface area contributed by atoms with Gasteiger partial charge in [0.1, 0.15) is 0 Å². The molecule has 0 saturated carbocycles. The molecule has 2 aliphatic rings. The first-order chi connectivity index (χ1) is 12.8. The van der Waals surface area contributed by atoms with Gasteiger partial charge in [0, 0.05) is 23.5 Å². The summed E-state index contributed by atoms with van der Waals surface area (Å²) in [6.07, 6.45) is 3.96. The van der Waals surface area contributed by atoms with Gasteiger partial charge in [-0.2, -0.15) is 0 Å². The topological polar surface area (TPSA) is 32.3 Å². The van der Waals surface area contributed by atoms with E-state index in [1.165, 1.54) is 32.4 Å². The van der Waals surface area contributed by atoms with E-state index >= 15 is 0 Å². The van der Waals surface area contributed by atoms with Gasteiger partial charge < -0.3 is 10.2 Å². The van der Waals surface area contributed by atoms with Crippen LogP contribution in [0.15, 0.2) is 64.4 Å². The Morgan fingerprint density at radius 1 is 0.962 bits per heavy atom. The summed E-state index contributed by atoms with van der Waals surface area (Å²) < 4.78 is 0. The van der Waals surface area contributed by atoms with Crippen LogP contribution < -0.4 is 5.32 Å². The molecule has 2 aliphatic heterocycles. The number of carbonyl (C=O) groups is 1. The average Bonchev–Trinajstić information content (AvgIpc) is 3.03. The quantitative estimate of drug-likeness (QED) is 0.796. The zero-order chi connectivity index (χ0) is 17.8. The minimum absolute atomic E-state index is 0.134. The zero-order valence-corrected chi connectivity index (χ0v) is 15.7. The van der Waals surface area contributed by atoms with Crippen LogP contribution in [0.25, 0.3) is 5.70 Å². The summed E-state index contributed by atoms with van der Waals surface area (Å²) in [5, 5.41) is 3.59. The Labute approximate surface area is 159 Å². The largest absolute Gasteiger partial charge is 0.382 e. The number of hydrogen-bond donors (Lipinski definition) is 1. The Balaban J connectivity index is 1.57. The van der Waals surface area contributed by atoms with E-state index in [0.717, 1.165) is 39.7 Å². The monoisotopic (exact) mass is 364 g/mol. The molecule has 0 spiro atoms. The number of rotatable bonds is 5. The molecule has 0 unspecified atom stereocenters. The van der Waals surface area contributed by atoms with Crippen LogP contribution >= 0.6 is 11.8 Å². The second-order valence-corrected chi connectivity index (χ2v) is 7.88. The van der Waals surface area contributed by atoms with E-state index in [-0.39, 0.29) is 5.78 Å². The van der Waals surface area contributed by atoms with Crippen molar-refractivity contribution < 1.29 is 4.79 Å². The molecule has 26 heavy (non-hydrogen) atoms. The Bertz CT molecular complexity index is 810. The van der Waals surface area contributed by atoms with Crippen LogP contribution in [-0.4, -0.2) is 36.9 Å². The molecule has 134 valence electrons. The molecule has 4 heteroatoms. The standard InChI is InChI=1S/C22H24N2OS/c25-21-18-11-5-6-12-19(18)26-22(21)20(17-9-3-1-4-10-17)23-13-16-24-14-7-2-8-15-24/h1,3-6,9-12,23H,2,7-8,13-16H2/b22-20+. The summed E-state index contributed by atoms with van der Waals surface area (Å²) in [6, 6.07) is 18.1. The lowest BCUT2D eigenvalue weighted by atomic mass is 10.1. The number of hydrogen-bond acceptors (Lipinski definition) is 4. The Morgan fingerprint density at radius 3 is 2.46 bits per heavy atom. The second kappa shape index (κ2) is 8.11. The molecule has 0 aromatic heterocycles. The van der Waals surface area contributed by atoms with Crippen LogP contribution in [0.2, 0.25) is 0 Å². The van der Waals surface area contributed by atoms with Crippen LogP contribution in [-0.2, 0) is 0 Å². The second-order valence-electron chi connectivity index (χ2n) is 6.83. The molecule has 3 nitrogen and oxygen atoms in total. The average molecular weight is 365 g/mol. The molecule has 2 aromatic rings. The van der Waals surface area contributed by atoms with Crippen molar-refractivity contribution in [2.24, 2.45) is 0 Å². The van der Waals surface area contributed by atoms with Gasteiger partial charge in [0.05, 0.1) is 10.6 Å². The lowest BCUT2D eigenvalue weighted by Gasteiger charge is -2.27. The zero-order valence-electron chi connectivity index (χ0n) is 14.9. The van der Waals surface area contributed by atoms with Gasteiger partial charge in [-0.15, -0.1) is 0 Å². The maximum atomic E-state index is 12.9. The molecule has 0 atom stereocenters. The molecule has 0 aliphatic carbocycles. The van der Waals surface area contributed by atoms with Crippen LogP contribution in [0.5, 0.6) is 0 Å². The van der Waals surface area contributed by atoms with Crippen LogP contribution in [0, 0.1) is 0 Å². The number of carbonyl (C=O) groups excluding carboxylic acids is 1. The number of nitrogens with zero attached hydrogens (tertiary/aromatic N) is 1. The van der Waals surface area contributed by atoms with Crippen molar-refractivity contribution in [3.05, 3.63) is 70.6 Å². The van der Waals surface area contributed by atoms with E-state index in [9.17, 15) is 4.79 Å². The molecule has 2 heterocycles. The van der Waals surface area contributed by atoms with E-state index in [0.29, 0.717) is 0 Å². The Kier molecular flexibility index (Phi) is 5.42. The number of nitrogens with one attached hydrogen (secondary N) is 1. The van der Waals surface area contributed by atoms with E-state index in [4.69, 9.17) is 0 Å². The summed E-state index contributed by atoms with van der Waals surface area (Å²) in [5.74, 6) is 0.134. The molecule has 0 amide bonds. The highest BCUT2D eigenvalue weighted by atomic mass is 32.2. The van der Waals surface area contributed by atoms with Gasteiger partial charge >= 0.3 is 0 Å². The first kappa shape index (κ1) is 17.4. The van der Waals surface area contributed by atoms with Crippen molar-refractivity contribution in [1.29, 1.82) is 0 Å². The van der Waals surface area contributed by atoms with Gasteiger partial charge in [-0.1, -0.05) is 60.6 Å². The molecule has 4 rings (SSSR count). The van der Waals surface area contributed by atoms with Gasteiger partial charge in [-0.05, 0) is 43.6 Å². The fraction of sp³-hybridized carbons (Fsp3) is 0.318. The molecule has 1 fully saturated rings. The molecule has 1 saturated heterocycles. The normalized spacial score (nSPS) is 19.3. The summed E-state index contributed by atoms with van der Waals surface area (Å²) in [7, 11) is 0. The lowest BCUT2D eigenvalue weighted by Crippen LogP contribution is -2.35. The maximum Gasteiger partial charge on any atom is 0.202 e. The number of ketones is 1. The minimum Gasteiger partial charge on any atom is -0.382 e. The third-order valence-electron chi connectivity index (χ3n) is 5.02. The van der Waals surface area contributed by atoms with Crippen molar-refractivity contribution in [3.8, 4) is 0 Å². The van der Waals surface area contributed by atoms with E-state index in [1.54, 1.807) is 11.8 Å². The predicted octanol–water partition coefficient (Wildman–Crippen LogP) is 4.42. The van der Waals surface area contributed by atoms with Gasteiger partial charge in [-0.3, -0.25) is 4.79 Å². The number of piperidine rings is 1. The van der Waals surface area contributed by atoms with Gasteiger partial charge in [0.25, 0.3) is 0 Å². The summed E-state index contributed by atoms with van der Waals surface area (Å²) in [5.41, 5.74) is 2.86. The lowest BCUT2D eigenvalue weighted by molar-refractivity contribution is 0.104. The molecule has 1 N–H and O–H groups in total. The van der Waals surface area contributed by atoms with Crippen LogP contribution in [0.3, 0.4) is 0 Å². The van der Waals surface area contributed by atoms with Crippen molar-refractivity contribution in [1.82, 2.24) is 10.2 Å². The maximum absolute atomic E-state index is 12.9. The number of benzene rings is 2. The van der Waals surface area contributed by atoms with Gasteiger partial charge in [-0.25, -0.2) is 0 Å². The number of thioether (sulfide) groups is 1. The van der Waals surface area contributed by atoms with Gasteiger partial charge in [0.15, 0.2) is 0 Å². The first-order valence-electron chi connectivity index (χ1n) is 9.40. The smallest absolute Gasteiger partial charge is 0.202 e. The van der Waals surface area contributed by atoms with E-state index < -0.39 is 0 Å². The summed E-state index contributed by atoms with van der Waals surface area (Å²) in [6.45, 7) is 4.27. The number of Topliss-reactive ketones (excluding diaryl/α,β-unsaturated/α-hetero) is 1. The minimum atomic E-state index is 0.134. The molecular formula is C22H24N2OS. The molecule has 0 bridgehead atoms. The van der Waals surface area contributed by atoms with Crippen LogP contribution in [0.1, 0.15) is 35.2 Å². The van der Waals surface area contributed by atoms with E-state index in [2.05, 4.69) is 22.3 Å². The number of fused-ring (bicyclic) bond motifs is 1. The Hall–Kier alpha value is -2.04. The summed E-state index contributed by atoms with van der Waals surface area (Å²) >= 11 is 1.59. The van der Waals surface area contributed by atoms with E-state index in [1.807, 2.05) is 42.5 Å². The Morgan fingerprint density at radius 2 is 1.69 bits per heavy atom. The summed E-state index contributed by atoms with van der Waals surface area (Å²) in [4.78, 5) is 17.3. The van der Waals surface area contributed by atoms with Crippen molar-refractivity contribution in [2.75, 3.05) is 26.2 Å². The highest BCUT2D eigenvalue weighted by molar-refractivity contribution is 8.05. The fourth-order valence-electron chi connectivity index (χ4n) is 3.63. The number of likely N-dealkylation sites (tertiary alicyclic amines) is 1. The molecule has 2 aromatic carbocycles. The number of allylic oxidation sites excluding steroid dienone is 1. The fourth-order valence-corrected chi connectivity index (χ4v) is 4.76. The van der Waals surface area contributed by atoms with Crippen molar-refractivity contribution >= 4 is 23.2 Å². The highest BCUT2D eigenvalue weighted by Gasteiger charge is 2.29. The van der Waals surface area contributed by atoms with Gasteiger partial charge in [0.2, 0.25) is 5.78 Å². The third-order valence-corrected chi connectivity index (χ3v) is 6.19. The van der Waals surface area contributed by atoms with Crippen LogP contribution in [0.4, 0.5) is 0 Å². The van der Waals surface area contributed by atoms with Crippen molar-refractivity contribution in [3.63, 3.8) is 0 Å². The third kappa shape index (κ3) is 3.71. The predicted molar refractivity (Wildman–Crippen MR) is 108 cm³/mol. The highest BCUT2D eigenvalue weighted by Crippen LogP contribution is 2.42. The SMILES string of the molecule is O=C1/C(=C(\NCCN2CCCCC2)c2ccccc2)Sc2ccccc21. The van der Waals surface area contributed by atoms with Crippen molar-refractivity contribution in [2.45, 2.75) is 24.2 Å². The molecular weight excluding hydrogens is 340 g/mol. The first-order valence-corrected chi connectivity index (χ1v) is 10.2. The molecule has 0 radical (unpaired) electrons.